The molecule has 0 spiro atoms. The minimum atomic E-state index is -0.519. The first kappa shape index (κ1) is 18.8. The van der Waals surface area contributed by atoms with Crippen molar-refractivity contribution in [1.82, 2.24) is 5.32 Å². The van der Waals surface area contributed by atoms with Crippen LogP contribution in [0, 0.1) is 0 Å². The summed E-state index contributed by atoms with van der Waals surface area (Å²) in [6, 6.07) is 12.6. The summed E-state index contributed by atoms with van der Waals surface area (Å²) in [5.41, 5.74) is 2.62. The Morgan fingerprint density at radius 1 is 1.11 bits per heavy atom. The van der Waals surface area contributed by atoms with Crippen molar-refractivity contribution in [1.29, 1.82) is 0 Å². The predicted molar refractivity (Wildman–Crippen MR) is 103 cm³/mol. The summed E-state index contributed by atoms with van der Waals surface area (Å²) < 4.78 is 10.6. The summed E-state index contributed by atoms with van der Waals surface area (Å²) in [6.07, 6.45) is 0.699. The fourth-order valence-corrected chi connectivity index (χ4v) is 3.45. The molecule has 1 atom stereocenters. The second-order valence-corrected chi connectivity index (χ2v) is 6.37. The third kappa shape index (κ3) is 3.74. The first-order chi connectivity index (χ1) is 13.1. The maximum Gasteiger partial charge on any atom is 0.243 e. The Hall–Kier alpha value is -3.02. The van der Waals surface area contributed by atoms with Gasteiger partial charge in [0.25, 0.3) is 0 Å². The van der Waals surface area contributed by atoms with E-state index in [-0.39, 0.29) is 18.2 Å². The van der Waals surface area contributed by atoms with Crippen LogP contribution in [-0.4, -0.2) is 38.6 Å². The third-order valence-corrected chi connectivity index (χ3v) is 4.70. The van der Waals surface area contributed by atoms with Crippen molar-refractivity contribution in [3.63, 3.8) is 0 Å². The number of methoxy groups -OCH3 is 2. The molecule has 1 aliphatic rings. The Labute approximate surface area is 159 Å². The van der Waals surface area contributed by atoms with E-state index in [9.17, 15) is 9.59 Å². The first-order valence-corrected chi connectivity index (χ1v) is 8.97. The normalized spacial score (nSPS) is 15.2. The van der Waals surface area contributed by atoms with Gasteiger partial charge in [-0.1, -0.05) is 24.3 Å². The molecule has 0 bridgehead atoms. The number of para-hydroxylation sites is 1. The number of carbonyl (C=O) groups is 2. The van der Waals surface area contributed by atoms with Crippen molar-refractivity contribution in [2.75, 3.05) is 25.7 Å². The molecule has 0 radical (unpaired) electrons. The van der Waals surface area contributed by atoms with Crippen molar-refractivity contribution in [2.24, 2.45) is 0 Å². The number of rotatable bonds is 6. The highest BCUT2D eigenvalue weighted by Crippen LogP contribution is 2.33. The van der Waals surface area contributed by atoms with E-state index < -0.39 is 6.04 Å². The first-order valence-electron chi connectivity index (χ1n) is 8.97. The average Bonchev–Trinajstić information content (AvgIpc) is 3.08. The zero-order valence-corrected chi connectivity index (χ0v) is 15.8. The van der Waals surface area contributed by atoms with Gasteiger partial charge >= 0.3 is 0 Å². The van der Waals surface area contributed by atoms with Crippen LogP contribution in [0.4, 0.5) is 5.69 Å². The van der Waals surface area contributed by atoms with Gasteiger partial charge in [0.1, 0.15) is 6.04 Å². The zero-order chi connectivity index (χ0) is 19.4. The highest BCUT2D eigenvalue weighted by molar-refractivity contribution is 6.04. The summed E-state index contributed by atoms with van der Waals surface area (Å²) >= 11 is 0. The second-order valence-electron chi connectivity index (χ2n) is 6.37. The van der Waals surface area contributed by atoms with E-state index in [1.54, 1.807) is 31.3 Å². The molecule has 27 heavy (non-hydrogen) atoms. The molecule has 1 unspecified atom stereocenters. The van der Waals surface area contributed by atoms with Crippen molar-refractivity contribution in [2.45, 2.75) is 25.8 Å². The molecule has 2 amide bonds. The quantitative estimate of drug-likeness (QED) is 0.850. The second kappa shape index (κ2) is 8.12. The molecule has 0 saturated carbocycles. The molecule has 142 valence electrons. The van der Waals surface area contributed by atoms with E-state index in [0.29, 0.717) is 24.5 Å². The standard InChI is InChI=1S/C21H24N2O4/c1-4-22-21(25)17-13-15-7-5-6-8-16(15)23(17)20(24)12-14-9-10-18(26-2)19(11-14)27-3/h5-11,17H,4,12-13H2,1-3H3,(H,22,25). The van der Waals surface area contributed by atoms with Gasteiger partial charge in [0, 0.05) is 18.7 Å². The number of fused-ring (bicyclic) bond motifs is 1. The molecule has 1 aliphatic heterocycles. The maximum absolute atomic E-state index is 13.1. The number of amides is 2. The maximum atomic E-state index is 13.1. The molecule has 6 nitrogen and oxygen atoms in total. The fourth-order valence-electron chi connectivity index (χ4n) is 3.45. The van der Waals surface area contributed by atoms with Gasteiger partial charge in [-0.15, -0.1) is 0 Å². The summed E-state index contributed by atoms with van der Waals surface area (Å²) in [6.45, 7) is 2.40. The van der Waals surface area contributed by atoms with Crippen LogP contribution in [0.25, 0.3) is 0 Å². The predicted octanol–water partition coefficient (Wildman–Crippen LogP) is 2.34. The Morgan fingerprint density at radius 2 is 1.85 bits per heavy atom. The number of nitrogens with zero attached hydrogens (tertiary/aromatic N) is 1. The minimum Gasteiger partial charge on any atom is -0.493 e. The van der Waals surface area contributed by atoms with E-state index >= 15 is 0 Å². The van der Waals surface area contributed by atoms with Gasteiger partial charge in [0.05, 0.1) is 20.6 Å². The molecular formula is C21H24N2O4. The van der Waals surface area contributed by atoms with Gasteiger partial charge in [0.2, 0.25) is 11.8 Å². The van der Waals surface area contributed by atoms with Gasteiger partial charge in [-0.05, 0) is 36.2 Å². The van der Waals surface area contributed by atoms with Gasteiger partial charge < -0.3 is 14.8 Å². The SMILES string of the molecule is CCNC(=O)C1Cc2ccccc2N1C(=O)Cc1ccc(OC)c(OC)c1. The molecule has 0 aromatic heterocycles. The van der Waals surface area contributed by atoms with Crippen molar-refractivity contribution >= 4 is 17.5 Å². The fraction of sp³-hybridized carbons (Fsp3) is 0.333. The summed E-state index contributed by atoms with van der Waals surface area (Å²) in [7, 11) is 3.13. The Balaban J connectivity index is 1.87. The molecule has 2 aromatic carbocycles. The highest BCUT2D eigenvalue weighted by Gasteiger charge is 2.37. The van der Waals surface area contributed by atoms with Crippen LogP contribution in [-0.2, 0) is 22.4 Å². The summed E-state index contributed by atoms with van der Waals surface area (Å²) in [4.78, 5) is 27.3. The van der Waals surface area contributed by atoms with Crippen LogP contribution < -0.4 is 19.7 Å². The number of anilines is 1. The lowest BCUT2D eigenvalue weighted by Crippen LogP contribution is -2.48. The molecular weight excluding hydrogens is 344 g/mol. The van der Waals surface area contributed by atoms with Crippen molar-refractivity contribution < 1.29 is 19.1 Å². The lowest BCUT2D eigenvalue weighted by Gasteiger charge is -2.25. The lowest BCUT2D eigenvalue weighted by atomic mass is 10.1. The molecule has 0 fully saturated rings. The van der Waals surface area contributed by atoms with Gasteiger partial charge in [-0.25, -0.2) is 0 Å². The van der Waals surface area contributed by atoms with Crippen LogP contribution in [0.2, 0.25) is 0 Å². The van der Waals surface area contributed by atoms with Crippen LogP contribution in [0.1, 0.15) is 18.1 Å². The molecule has 1 heterocycles. The van der Waals surface area contributed by atoms with E-state index in [1.165, 1.54) is 0 Å². The van der Waals surface area contributed by atoms with Gasteiger partial charge in [0.15, 0.2) is 11.5 Å². The van der Waals surface area contributed by atoms with E-state index in [0.717, 1.165) is 16.8 Å². The monoisotopic (exact) mass is 368 g/mol. The summed E-state index contributed by atoms with van der Waals surface area (Å²) in [5.74, 6) is 0.933. The van der Waals surface area contributed by atoms with Crippen LogP contribution >= 0.6 is 0 Å². The summed E-state index contributed by atoms with van der Waals surface area (Å²) in [5, 5.41) is 2.83. The number of benzene rings is 2. The zero-order valence-electron chi connectivity index (χ0n) is 15.8. The highest BCUT2D eigenvalue weighted by atomic mass is 16.5. The third-order valence-electron chi connectivity index (χ3n) is 4.70. The number of likely N-dealkylation sites (N-methyl/N-ethyl adjacent to an activating group) is 1. The van der Waals surface area contributed by atoms with E-state index in [2.05, 4.69) is 5.32 Å². The topological polar surface area (TPSA) is 67.9 Å². The van der Waals surface area contributed by atoms with Crippen LogP contribution in [0.15, 0.2) is 42.5 Å². The Kier molecular flexibility index (Phi) is 5.64. The molecule has 0 saturated heterocycles. The van der Waals surface area contributed by atoms with Crippen LogP contribution in [0.3, 0.4) is 0 Å². The van der Waals surface area contributed by atoms with E-state index in [1.807, 2.05) is 37.3 Å². The number of hydrogen-bond donors (Lipinski definition) is 1. The molecule has 1 N–H and O–H groups in total. The Bertz CT molecular complexity index is 850. The largest absolute Gasteiger partial charge is 0.493 e. The van der Waals surface area contributed by atoms with Crippen LogP contribution in [0.5, 0.6) is 11.5 Å². The molecule has 3 rings (SSSR count). The van der Waals surface area contributed by atoms with Gasteiger partial charge in [-0.2, -0.15) is 0 Å². The number of hydrogen-bond acceptors (Lipinski definition) is 4. The average molecular weight is 368 g/mol. The Morgan fingerprint density at radius 3 is 2.56 bits per heavy atom. The lowest BCUT2D eigenvalue weighted by molar-refractivity contribution is -0.125. The minimum absolute atomic E-state index is 0.122. The molecule has 2 aromatic rings. The molecule has 6 heteroatoms. The number of carbonyl (C=O) groups excluding carboxylic acids is 2. The number of nitrogens with one attached hydrogen (secondary N) is 1. The molecule has 0 aliphatic carbocycles. The van der Waals surface area contributed by atoms with Gasteiger partial charge in [-0.3, -0.25) is 14.5 Å². The van der Waals surface area contributed by atoms with E-state index in [4.69, 9.17) is 9.47 Å². The van der Waals surface area contributed by atoms with Crippen molar-refractivity contribution in [3.05, 3.63) is 53.6 Å². The van der Waals surface area contributed by atoms with Crippen molar-refractivity contribution in [3.8, 4) is 11.5 Å². The smallest absolute Gasteiger partial charge is 0.243 e. The number of ether oxygens (including phenoxy) is 2.